The van der Waals surface area contributed by atoms with Crippen LogP contribution in [0.3, 0.4) is 0 Å². The van der Waals surface area contributed by atoms with Crippen molar-refractivity contribution in [2.24, 2.45) is 0 Å². The quantitative estimate of drug-likeness (QED) is 0.844. The molecule has 90 valence electrons. The number of ether oxygens (including phenoxy) is 1. The molecule has 1 unspecified atom stereocenters. The maximum absolute atomic E-state index is 9.38. The van der Waals surface area contributed by atoms with Crippen LogP contribution in [0.4, 0.5) is 0 Å². The van der Waals surface area contributed by atoms with Crippen molar-refractivity contribution < 1.29 is 9.84 Å². The SMILES string of the molecule is CCC(O)CNCc1ccc(OC)c(Br)c1. The molecule has 0 aliphatic rings. The second-order valence-corrected chi connectivity index (χ2v) is 4.52. The Bertz CT molecular complexity index is 331. The Morgan fingerprint density at radius 2 is 2.25 bits per heavy atom. The molecule has 3 nitrogen and oxygen atoms in total. The summed E-state index contributed by atoms with van der Waals surface area (Å²) in [4.78, 5) is 0. The molecule has 16 heavy (non-hydrogen) atoms. The first kappa shape index (κ1) is 13.5. The van der Waals surface area contributed by atoms with Gasteiger partial charge in [0.05, 0.1) is 17.7 Å². The Morgan fingerprint density at radius 1 is 1.50 bits per heavy atom. The minimum atomic E-state index is -0.262. The van der Waals surface area contributed by atoms with Gasteiger partial charge in [0.1, 0.15) is 5.75 Å². The Morgan fingerprint density at radius 3 is 2.81 bits per heavy atom. The molecule has 1 aromatic rings. The second-order valence-electron chi connectivity index (χ2n) is 3.66. The Labute approximate surface area is 105 Å². The number of nitrogens with one attached hydrogen (secondary N) is 1. The zero-order valence-electron chi connectivity index (χ0n) is 9.66. The maximum Gasteiger partial charge on any atom is 0.133 e. The van der Waals surface area contributed by atoms with E-state index in [1.807, 2.05) is 25.1 Å². The summed E-state index contributed by atoms with van der Waals surface area (Å²) in [6.45, 7) is 3.34. The zero-order valence-corrected chi connectivity index (χ0v) is 11.3. The summed E-state index contributed by atoms with van der Waals surface area (Å²) in [6.07, 6.45) is 0.515. The van der Waals surface area contributed by atoms with Crippen molar-refractivity contribution in [3.05, 3.63) is 28.2 Å². The lowest BCUT2D eigenvalue weighted by atomic mass is 10.2. The predicted octanol–water partition coefficient (Wildman–Crippen LogP) is 2.32. The van der Waals surface area contributed by atoms with Crippen LogP contribution in [0, 0.1) is 0 Å². The van der Waals surface area contributed by atoms with E-state index in [2.05, 4.69) is 21.2 Å². The molecule has 0 aliphatic carbocycles. The fourth-order valence-electron chi connectivity index (χ4n) is 1.35. The van der Waals surface area contributed by atoms with Gasteiger partial charge in [-0.05, 0) is 40.0 Å². The van der Waals surface area contributed by atoms with Crippen LogP contribution in [-0.4, -0.2) is 24.9 Å². The van der Waals surface area contributed by atoms with Crippen LogP contribution in [0.25, 0.3) is 0 Å². The van der Waals surface area contributed by atoms with Crippen LogP contribution in [0.1, 0.15) is 18.9 Å². The number of benzene rings is 1. The van der Waals surface area contributed by atoms with E-state index in [0.29, 0.717) is 6.54 Å². The molecule has 0 aromatic heterocycles. The van der Waals surface area contributed by atoms with Crippen molar-refractivity contribution in [3.63, 3.8) is 0 Å². The molecule has 1 aromatic carbocycles. The first-order chi connectivity index (χ1) is 7.67. The largest absolute Gasteiger partial charge is 0.496 e. The molecule has 0 amide bonds. The molecule has 0 saturated heterocycles. The van der Waals surface area contributed by atoms with Crippen LogP contribution < -0.4 is 10.1 Å². The van der Waals surface area contributed by atoms with E-state index in [1.165, 1.54) is 0 Å². The minimum Gasteiger partial charge on any atom is -0.496 e. The van der Waals surface area contributed by atoms with Crippen molar-refractivity contribution in [3.8, 4) is 5.75 Å². The van der Waals surface area contributed by atoms with Gasteiger partial charge in [0, 0.05) is 13.1 Å². The van der Waals surface area contributed by atoms with Gasteiger partial charge in [0.2, 0.25) is 0 Å². The smallest absolute Gasteiger partial charge is 0.133 e. The van der Waals surface area contributed by atoms with E-state index >= 15 is 0 Å². The summed E-state index contributed by atoms with van der Waals surface area (Å²) in [5.74, 6) is 0.831. The molecule has 0 fully saturated rings. The van der Waals surface area contributed by atoms with Crippen LogP contribution >= 0.6 is 15.9 Å². The van der Waals surface area contributed by atoms with Gasteiger partial charge in [-0.2, -0.15) is 0 Å². The van der Waals surface area contributed by atoms with E-state index in [0.717, 1.165) is 28.8 Å². The summed E-state index contributed by atoms with van der Waals surface area (Å²) in [6, 6.07) is 5.95. The lowest BCUT2D eigenvalue weighted by molar-refractivity contribution is 0.167. The highest BCUT2D eigenvalue weighted by Crippen LogP contribution is 2.25. The number of rotatable bonds is 6. The van der Waals surface area contributed by atoms with E-state index in [9.17, 15) is 5.11 Å². The summed E-state index contributed by atoms with van der Waals surface area (Å²) >= 11 is 3.44. The van der Waals surface area contributed by atoms with Gasteiger partial charge in [-0.3, -0.25) is 0 Å². The number of aliphatic hydroxyl groups excluding tert-OH is 1. The molecule has 0 aliphatic heterocycles. The third kappa shape index (κ3) is 4.12. The van der Waals surface area contributed by atoms with Gasteiger partial charge in [-0.25, -0.2) is 0 Å². The van der Waals surface area contributed by atoms with Crippen molar-refractivity contribution in [1.29, 1.82) is 0 Å². The number of aliphatic hydroxyl groups is 1. The molecule has 0 heterocycles. The highest BCUT2D eigenvalue weighted by Gasteiger charge is 2.02. The molecule has 1 atom stereocenters. The third-order valence-electron chi connectivity index (χ3n) is 2.40. The molecule has 1 rings (SSSR count). The molecule has 0 spiro atoms. The van der Waals surface area contributed by atoms with E-state index in [-0.39, 0.29) is 6.10 Å². The molecule has 4 heteroatoms. The lowest BCUT2D eigenvalue weighted by Crippen LogP contribution is -2.25. The molecule has 2 N–H and O–H groups in total. The van der Waals surface area contributed by atoms with Crippen LogP contribution in [0.5, 0.6) is 5.75 Å². The van der Waals surface area contributed by atoms with Crippen molar-refractivity contribution in [1.82, 2.24) is 5.32 Å². The molecule has 0 saturated carbocycles. The average Bonchev–Trinajstić information content (AvgIpc) is 2.29. The monoisotopic (exact) mass is 287 g/mol. The topological polar surface area (TPSA) is 41.5 Å². The summed E-state index contributed by atoms with van der Waals surface area (Å²) < 4.78 is 6.10. The first-order valence-electron chi connectivity index (χ1n) is 5.38. The lowest BCUT2D eigenvalue weighted by Gasteiger charge is -2.10. The predicted molar refractivity (Wildman–Crippen MR) is 68.7 cm³/mol. The van der Waals surface area contributed by atoms with Crippen molar-refractivity contribution >= 4 is 15.9 Å². The number of hydrogen-bond donors (Lipinski definition) is 2. The van der Waals surface area contributed by atoms with Gasteiger partial charge >= 0.3 is 0 Å². The Balaban J connectivity index is 2.46. The van der Waals surface area contributed by atoms with Crippen LogP contribution in [-0.2, 0) is 6.54 Å². The maximum atomic E-state index is 9.38. The Hall–Kier alpha value is -0.580. The van der Waals surface area contributed by atoms with Crippen LogP contribution in [0.15, 0.2) is 22.7 Å². The summed E-state index contributed by atoms with van der Waals surface area (Å²) in [5.41, 5.74) is 1.16. The van der Waals surface area contributed by atoms with Gasteiger partial charge in [0.15, 0.2) is 0 Å². The van der Waals surface area contributed by atoms with Gasteiger partial charge in [-0.15, -0.1) is 0 Å². The second kappa shape index (κ2) is 6.89. The minimum absolute atomic E-state index is 0.262. The standard InChI is InChI=1S/C12H18BrNO2/c1-3-10(15)8-14-7-9-4-5-12(16-2)11(13)6-9/h4-6,10,14-15H,3,7-8H2,1-2H3. The van der Waals surface area contributed by atoms with E-state index in [1.54, 1.807) is 7.11 Å². The molecule has 0 radical (unpaired) electrons. The highest BCUT2D eigenvalue weighted by atomic mass is 79.9. The summed E-state index contributed by atoms with van der Waals surface area (Å²) in [5, 5.41) is 12.6. The third-order valence-corrected chi connectivity index (χ3v) is 3.02. The molecular weight excluding hydrogens is 270 g/mol. The van der Waals surface area contributed by atoms with Gasteiger partial charge in [0.25, 0.3) is 0 Å². The van der Waals surface area contributed by atoms with Crippen molar-refractivity contribution in [2.75, 3.05) is 13.7 Å². The summed E-state index contributed by atoms with van der Waals surface area (Å²) in [7, 11) is 1.65. The van der Waals surface area contributed by atoms with Gasteiger partial charge in [-0.1, -0.05) is 13.0 Å². The zero-order chi connectivity index (χ0) is 12.0. The number of halogens is 1. The fourth-order valence-corrected chi connectivity index (χ4v) is 1.94. The fraction of sp³-hybridized carbons (Fsp3) is 0.500. The Kier molecular flexibility index (Phi) is 5.80. The molecular formula is C12H18BrNO2. The van der Waals surface area contributed by atoms with E-state index in [4.69, 9.17) is 4.74 Å². The number of hydrogen-bond acceptors (Lipinski definition) is 3. The molecule has 0 bridgehead atoms. The first-order valence-corrected chi connectivity index (χ1v) is 6.17. The highest BCUT2D eigenvalue weighted by molar-refractivity contribution is 9.10. The average molecular weight is 288 g/mol. The van der Waals surface area contributed by atoms with E-state index < -0.39 is 0 Å². The van der Waals surface area contributed by atoms with Crippen LogP contribution in [0.2, 0.25) is 0 Å². The van der Waals surface area contributed by atoms with Gasteiger partial charge < -0.3 is 15.2 Å². The normalized spacial score (nSPS) is 12.5. The van der Waals surface area contributed by atoms with Crippen molar-refractivity contribution in [2.45, 2.75) is 26.0 Å². The number of methoxy groups -OCH3 is 1.